The summed E-state index contributed by atoms with van der Waals surface area (Å²) in [5, 5.41) is 23.2. The lowest BCUT2D eigenvalue weighted by molar-refractivity contribution is 0.169. The molecule has 3 aromatic rings. The molecule has 0 radical (unpaired) electrons. The molecule has 2 atom stereocenters. The molecule has 1 fully saturated rings. The quantitative estimate of drug-likeness (QED) is 0.766. The van der Waals surface area contributed by atoms with Crippen molar-refractivity contribution in [3.8, 4) is 17.5 Å². The van der Waals surface area contributed by atoms with E-state index in [1.165, 1.54) is 12.1 Å². The second-order valence-corrected chi connectivity index (χ2v) is 6.61. The minimum absolute atomic E-state index is 0.215. The molecule has 6 nitrogen and oxygen atoms in total. The van der Waals surface area contributed by atoms with Crippen molar-refractivity contribution in [1.29, 1.82) is 5.26 Å². The highest BCUT2D eigenvalue weighted by molar-refractivity contribution is 5.53. The topological polar surface area (TPSA) is 86.2 Å². The number of nitriles is 1. The normalized spacial score (nSPS) is 19.9. The van der Waals surface area contributed by atoms with E-state index in [0.29, 0.717) is 42.4 Å². The van der Waals surface area contributed by atoms with Crippen molar-refractivity contribution in [2.45, 2.75) is 25.1 Å². The standard InChI is InChI=1S/C20H17FN4O2/c21-16-6-4-15(5-7-16)19-23-20(27-24-19)18-9-17(26)12-25(18)11-14-3-1-2-13(8-14)10-22/h1-8,17-18,26H,9,11-12H2/t17-,18+/m1/s1. The van der Waals surface area contributed by atoms with Crippen LogP contribution in [0.3, 0.4) is 0 Å². The van der Waals surface area contributed by atoms with Gasteiger partial charge in [0.05, 0.1) is 23.8 Å². The SMILES string of the molecule is N#Cc1cccc(CN2C[C@H](O)C[C@H]2c2nc(-c3ccc(F)cc3)no2)c1. The lowest BCUT2D eigenvalue weighted by atomic mass is 10.1. The van der Waals surface area contributed by atoms with E-state index in [-0.39, 0.29) is 11.9 Å². The van der Waals surface area contributed by atoms with Crippen LogP contribution in [0.1, 0.15) is 29.5 Å². The molecule has 1 aromatic heterocycles. The summed E-state index contributed by atoms with van der Waals surface area (Å²) < 4.78 is 18.5. The van der Waals surface area contributed by atoms with Crippen LogP contribution in [0.5, 0.6) is 0 Å². The molecule has 27 heavy (non-hydrogen) atoms. The Morgan fingerprint density at radius 3 is 2.85 bits per heavy atom. The fraction of sp³-hybridized carbons (Fsp3) is 0.250. The number of likely N-dealkylation sites (tertiary alicyclic amines) is 1. The number of hydrogen-bond donors (Lipinski definition) is 1. The first-order valence-corrected chi connectivity index (χ1v) is 8.63. The van der Waals surface area contributed by atoms with Crippen LogP contribution in [0.15, 0.2) is 53.1 Å². The summed E-state index contributed by atoms with van der Waals surface area (Å²) >= 11 is 0. The van der Waals surface area contributed by atoms with E-state index < -0.39 is 6.10 Å². The van der Waals surface area contributed by atoms with Gasteiger partial charge >= 0.3 is 0 Å². The molecular formula is C20H17FN4O2. The van der Waals surface area contributed by atoms with E-state index in [1.54, 1.807) is 18.2 Å². The Morgan fingerprint density at radius 1 is 1.26 bits per heavy atom. The minimum Gasteiger partial charge on any atom is -0.392 e. The van der Waals surface area contributed by atoms with Crippen LogP contribution < -0.4 is 0 Å². The lowest BCUT2D eigenvalue weighted by Crippen LogP contribution is -2.24. The van der Waals surface area contributed by atoms with Crippen molar-refractivity contribution in [3.63, 3.8) is 0 Å². The summed E-state index contributed by atoms with van der Waals surface area (Å²) in [5.74, 6) is 0.479. The van der Waals surface area contributed by atoms with Gasteiger partial charge in [-0.05, 0) is 48.4 Å². The number of benzene rings is 2. The largest absolute Gasteiger partial charge is 0.392 e. The zero-order valence-corrected chi connectivity index (χ0v) is 14.4. The maximum Gasteiger partial charge on any atom is 0.244 e. The fourth-order valence-corrected chi connectivity index (χ4v) is 3.37. The number of aliphatic hydroxyl groups excluding tert-OH is 1. The van der Waals surface area contributed by atoms with Gasteiger partial charge in [-0.3, -0.25) is 4.90 Å². The van der Waals surface area contributed by atoms with Gasteiger partial charge in [0.15, 0.2) is 0 Å². The second-order valence-electron chi connectivity index (χ2n) is 6.61. The summed E-state index contributed by atoms with van der Waals surface area (Å²) in [7, 11) is 0. The van der Waals surface area contributed by atoms with Crippen LogP contribution in [0.25, 0.3) is 11.4 Å². The molecule has 0 saturated carbocycles. The summed E-state index contributed by atoms with van der Waals surface area (Å²) in [6.45, 7) is 1.04. The molecule has 1 saturated heterocycles. The fourth-order valence-electron chi connectivity index (χ4n) is 3.37. The number of aromatic nitrogens is 2. The lowest BCUT2D eigenvalue weighted by Gasteiger charge is -2.21. The molecule has 1 aliphatic heterocycles. The number of hydrogen-bond acceptors (Lipinski definition) is 6. The third-order valence-electron chi connectivity index (χ3n) is 4.65. The Labute approximate surface area is 155 Å². The summed E-state index contributed by atoms with van der Waals surface area (Å²) in [4.78, 5) is 6.51. The zero-order valence-electron chi connectivity index (χ0n) is 14.4. The van der Waals surface area contributed by atoms with Crippen molar-refractivity contribution < 1.29 is 14.0 Å². The molecule has 1 N–H and O–H groups in total. The Kier molecular flexibility index (Phi) is 4.67. The average molecular weight is 364 g/mol. The van der Waals surface area contributed by atoms with E-state index in [4.69, 9.17) is 9.78 Å². The highest BCUT2D eigenvalue weighted by atomic mass is 19.1. The first-order valence-electron chi connectivity index (χ1n) is 8.63. The molecule has 2 heterocycles. The maximum absolute atomic E-state index is 13.1. The highest BCUT2D eigenvalue weighted by Crippen LogP contribution is 2.33. The van der Waals surface area contributed by atoms with Crippen molar-refractivity contribution in [2.24, 2.45) is 0 Å². The first kappa shape index (κ1) is 17.3. The minimum atomic E-state index is -0.490. The van der Waals surface area contributed by atoms with Crippen molar-refractivity contribution in [3.05, 3.63) is 71.4 Å². The smallest absolute Gasteiger partial charge is 0.244 e. The van der Waals surface area contributed by atoms with Gasteiger partial charge in [-0.1, -0.05) is 17.3 Å². The van der Waals surface area contributed by atoms with Gasteiger partial charge in [-0.2, -0.15) is 10.2 Å². The van der Waals surface area contributed by atoms with E-state index in [2.05, 4.69) is 21.1 Å². The number of β-amino-alcohol motifs (C(OH)–C–C–N with tert-alkyl or cyclic N) is 1. The van der Waals surface area contributed by atoms with Crippen LogP contribution in [-0.4, -0.2) is 32.8 Å². The van der Waals surface area contributed by atoms with E-state index >= 15 is 0 Å². The molecular weight excluding hydrogens is 347 g/mol. The number of halogens is 1. The third-order valence-corrected chi connectivity index (χ3v) is 4.65. The van der Waals surface area contributed by atoms with Crippen molar-refractivity contribution in [2.75, 3.05) is 6.54 Å². The monoisotopic (exact) mass is 364 g/mol. The number of rotatable bonds is 4. The van der Waals surface area contributed by atoms with Crippen molar-refractivity contribution in [1.82, 2.24) is 15.0 Å². The summed E-state index contributed by atoms with van der Waals surface area (Å²) in [5.41, 5.74) is 2.24. The first-order chi connectivity index (χ1) is 13.1. The van der Waals surface area contributed by atoms with Crippen LogP contribution in [0.4, 0.5) is 4.39 Å². The molecule has 0 aliphatic carbocycles. The van der Waals surface area contributed by atoms with Crippen LogP contribution in [0, 0.1) is 17.1 Å². The van der Waals surface area contributed by atoms with Gasteiger partial charge in [0.2, 0.25) is 11.7 Å². The molecule has 0 unspecified atom stereocenters. The predicted octanol–water partition coefficient (Wildman–Crippen LogP) is 3.06. The Hall–Kier alpha value is -3.08. The van der Waals surface area contributed by atoms with Gasteiger partial charge in [0.25, 0.3) is 0 Å². The molecule has 1 aliphatic rings. The molecule has 2 aromatic carbocycles. The van der Waals surface area contributed by atoms with Gasteiger partial charge in [0, 0.05) is 18.7 Å². The van der Waals surface area contributed by atoms with Crippen LogP contribution >= 0.6 is 0 Å². The molecule has 136 valence electrons. The molecule has 4 rings (SSSR count). The number of nitrogens with zero attached hydrogens (tertiary/aromatic N) is 4. The molecule has 0 amide bonds. The zero-order chi connectivity index (χ0) is 18.8. The van der Waals surface area contributed by atoms with E-state index in [1.807, 2.05) is 18.2 Å². The molecule has 0 spiro atoms. The maximum atomic E-state index is 13.1. The highest BCUT2D eigenvalue weighted by Gasteiger charge is 2.36. The van der Waals surface area contributed by atoms with Gasteiger partial charge in [-0.15, -0.1) is 0 Å². The Bertz CT molecular complexity index is 980. The van der Waals surface area contributed by atoms with Gasteiger partial charge < -0.3 is 9.63 Å². The summed E-state index contributed by atoms with van der Waals surface area (Å²) in [6, 6.07) is 15.2. The Balaban J connectivity index is 1.56. The van der Waals surface area contributed by atoms with Gasteiger partial charge in [0.1, 0.15) is 5.82 Å². The van der Waals surface area contributed by atoms with Gasteiger partial charge in [-0.25, -0.2) is 4.39 Å². The van der Waals surface area contributed by atoms with Crippen LogP contribution in [0.2, 0.25) is 0 Å². The average Bonchev–Trinajstić information content (AvgIpc) is 3.29. The predicted molar refractivity (Wildman–Crippen MR) is 94.6 cm³/mol. The third kappa shape index (κ3) is 3.72. The molecule has 0 bridgehead atoms. The number of aliphatic hydroxyl groups is 1. The van der Waals surface area contributed by atoms with Crippen LogP contribution in [-0.2, 0) is 6.54 Å². The Morgan fingerprint density at radius 2 is 2.07 bits per heavy atom. The van der Waals surface area contributed by atoms with E-state index in [0.717, 1.165) is 5.56 Å². The second kappa shape index (κ2) is 7.27. The van der Waals surface area contributed by atoms with Crippen molar-refractivity contribution >= 4 is 0 Å². The van der Waals surface area contributed by atoms with E-state index in [9.17, 15) is 9.50 Å². The summed E-state index contributed by atoms with van der Waals surface area (Å²) in [6.07, 6.45) is -0.00136. The molecule has 7 heteroatoms.